The Kier molecular flexibility index (Phi) is 11.2. The van der Waals surface area contributed by atoms with Crippen LogP contribution in [0.1, 0.15) is 53.5 Å². The number of benzene rings is 1. The summed E-state index contributed by atoms with van der Waals surface area (Å²) in [6.07, 6.45) is 0.548. The molecule has 0 saturated heterocycles. The molecule has 0 aliphatic heterocycles. The minimum absolute atomic E-state index is 0.237. The van der Waals surface area contributed by atoms with Gasteiger partial charge in [0.15, 0.2) is 0 Å². The normalized spacial score (nSPS) is 11.5. The van der Waals surface area contributed by atoms with Crippen molar-refractivity contribution in [1.29, 1.82) is 0 Å². The highest BCUT2D eigenvalue weighted by Gasteiger charge is 2.30. The van der Waals surface area contributed by atoms with Gasteiger partial charge in [-0.1, -0.05) is 11.6 Å². The number of nitrogens with one attached hydrogen (secondary N) is 1. The SMILES string of the molecule is COC(=O)CCSc1ccc(N(NC(=O)OC(C)(C)C)C(=O)OC(C)(C)C)c(CSC)c1Cl. The molecule has 2 amide bonds. The lowest BCUT2D eigenvalue weighted by atomic mass is 10.2. The quantitative estimate of drug-likeness (QED) is 0.201. The molecular formula is C22H33ClN2O6S2. The maximum atomic E-state index is 13.0. The van der Waals surface area contributed by atoms with Gasteiger partial charge in [0.1, 0.15) is 11.2 Å². The molecule has 11 heteroatoms. The van der Waals surface area contributed by atoms with Crippen molar-refractivity contribution < 1.29 is 28.6 Å². The van der Waals surface area contributed by atoms with E-state index in [0.717, 1.165) is 9.90 Å². The number of halogens is 1. The fraction of sp³-hybridized carbons (Fsp3) is 0.591. The van der Waals surface area contributed by atoms with Crippen LogP contribution in [0.2, 0.25) is 5.02 Å². The second kappa shape index (κ2) is 12.6. The van der Waals surface area contributed by atoms with Gasteiger partial charge in [-0.3, -0.25) is 4.79 Å². The Morgan fingerprint density at radius 1 is 1.06 bits per heavy atom. The second-order valence-corrected chi connectivity index (χ2v) is 11.3. The van der Waals surface area contributed by atoms with Crippen molar-refractivity contribution in [2.75, 3.05) is 24.1 Å². The first-order chi connectivity index (χ1) is 15.2. The number of thioether (sulfide) groups is 2. The molecule has 0 spiro atoms. The highest BCUT2D eigenvalue weighted by Crippen LogP contribution is 2.38. The molecule has 0 atom stereocenters. The van der Waals surface area contributed by atoms with E-state index in [4.69, 9.17) is 21.1 Å². The van der Waals surface area contributed by atoms with Crippen LogP contribution in [-0.4, -0.2) is 48.5 Å². The molecule has 1 rings (SSSR count). The van der Waals surface area contributed by atoms with Crippen molar-refractivity contribution in [3.63, 3.8) is 0 Å². The maximum Gasteiger partial charge on any atom is 0.434 e. The Labute approximate surface area is 209 Å². The molecular weight excluding hydrogens is 488 g/mol. The lowest BCUT2D eigenvalue weighted by Gasteiger charge is -2.30. The monoisotopic (exact) mass is 520 g/mol. The van der Waals surface area contributed by atoms with Gasteiger partial charge in [0.2, 0.25) is 0 Å². The maximum absolute atomic E-state index is 13.0. The predicted octanol–water partition coefficient (Wildman–Crippen LogP) is 6.04. The topological polar surface area (TPSA) is 94.2 Å². The number of nitrogens with zero attached hydrogens (tertiary/aromatic N) is 1. The average molecular weight is 521 g/mol. The second-order valence-electron chi connectivity index (χ2n) is 8.91. The summed E-state index contributed by atoms with van der Waals surface area (Å²) in [6.45, 7) is 10.4. The van der Waals surface area contributed by atoms with Crippen molar-refractivity contribution in [3.05, 3.63) is 22.7 Å². The Morgan fingerprint density at radius 2 is 1.67 bits per heavy atom. The van der Waals surface area contributed by atoms with Crippen molar-refractivity contribution in [2.45, 2.75) is 69.8 Å². The molecule has 0 aliphatic rings. The van der Waals surface area contributed by atoms with Crippen LogP contribution in [0.5, 0.6) is 0 Å². The molecule has 33 heavy (non-hydrogen) atoms. The molecule has 0 heterocycles. The summed E-state index contributed by atoms with van der Waals surface area (Å²) in [6, 6.07) is 3.41. The highest BCUT2D eigenvalue weighted by atomic mass is 35.5. The van der Waals surface area contributed by atoms with Gasteiger partial charge in [0.25, 0.3) is 0 Å². The van der Waals surface area contributed by atoms with Gasteiger partial charge in [0, 0.05) is 22.0 Å². The van der Waals surface area contributed by atoms with E-state index in [2.05, 4.69) is 10.2 Å². The molecule has 8 nitrogen and oxygen atoms in total. The molecule has 0 aromatic heterocycles. The summed E-state index contributed by atoms with van der Waals surface area (Å²) in [7, 11) is 1.34. The number of rotatable bonds is 7. The summed E-state index contributed by atoms with van der Waals surface area (Å²) >= 11 is 9.60. The lowest BCUT2D eigenvalue weighted by molar-refractivity contribution is -0.140. The molecule has 0 fully saturated rings. The van der Waals surface area contributed by atoms with Crippen LogP contribution in [0.4, 0.5) is 15.3 Å². The van der Waals surface area contributed by atoms with Gasteiger partial charge in [-0.15, -0.1) is 11.8 Å². The zero-order valence-electron chi connectivity index (χ0n) is 20.4. The van der Waals surface area contributed by atoms with E-state index >= 15 is 0 Å². The predicted molar refractivity (Wildman–Crippen MR) is 134 cm³/mol. The van der Waals surface area contributed by atoms with Crippen molar-refractivity contribution in [1.82, 2.24) is 5.43 Å². The number of hydrogen-bond acceptors (Lipinski definition) is 8. The Hall–Kier alpha value is -1.78. The minimum atomic E-state index is -0.809. The van der Waals surface area contributed by atoms with Gasteiger partial charge >= 0.3 is 18.2 Å². The molecule has 0 unspecified atom stereocenters. The average Bonchev–Trinajstić information content (AvgIpc) is 2.66. The summed E-state index contributed by atoms with van der Waals surface area (Å²) in [4.78, 5) is 37.7. The van der Waals surface area contributed by atoms with E-state index in [9.17, 15) is 14.4 Å². The standard InChI is InChI=1S/C22H33ClN2O6S2/c1-21(2,3)30-19(27)24-25(20(28)31-22(4,5)6)15-9-10-16(18(23)14(15)13-32-8)33-12-11-17(26)29-7/h9-10H,11-13H2,1-8H3,(H,24,27). The number of carbonyl (C=O) groups is 3. The van der Waals surface area contributed by atoms with Gasteiger partial charge in [-0.05, 0) is 59.9 Å². The fourth-order valence-electron chi connectivity index (χ4n) is 2.44. The molecule has 1 N–H and O–H groups in total. The third kappa shape index (κ3) is 10.4. The molecule has 0 saturated carbocycles. The van der Waals surface area contributed by atoms with E-state index in [0.29, 0.717) is 27.8 Å². The number of amides is 2. The third-order valence-electron chi connectivity index (χ3n) is 3.68. The number of carbonyl (C=O) groups excluding carboxylic acids is 3. The molecule has 186 valence electrons. The van der Waals surface area contributed by atoms with Gasteiger partial charge < -0.3 is 14.2 Å². The summed E-state index contributed by atoms with van der Waals surface area (Å²) < 4.78 is 15.5. The van der Waals surface area contributed by atoms with Crippen LogP contribution in [0, 0.1) is 0 Å². The van der Waals surface area contributed by atoms with E-state index in [1.54, 1.807) is 53.7 Å². The van der Waals surface area contributed by atoms with Crippen molar-refractivity contribution >= 4 is 59.0 Å². The third-order valence-corrected chi connectivity index (χ3v) is 5.86. The first-order valence-corrected chi connectivity index (χ1v) is 13.0. The molecule has 1 aromatic rings. The van der Waals surface area contributed by atoms with Crippen LogP contribution in [0.3, 0.4) is 0 Å². The number of esters is 1. The lowest BCUT2D eigenvalue weighted by Crippen LogP contribution is -2.50. The Bertz CT molecular complexity index is 853. The molecule has 0 aliphatic carbocycles. The van der Waals surface area contributed by atoms with Crippen LogP contribution < -0.4 is 10.4 Å². The number of anilines is 1. The summed E-state index contributed by atoms with van der Waals surface area (Å²) in [5, 5.41) is 1.44. The van der Waals surface area contributed by atoms with Crippen molar-refractivity contribution in [2.24, 2.45) is 0 Å². The number of methoxy groups -OCH3 is 1. The van der Waals surface area contributed by atoms with E-state index < -0.39 is 23.4 Å². The molecule has 0 bridgehead atoms. The highest BCUT2D eigenvalue weighted by molar-refractivity contribution is 7.99. The fourth-order valence-corrected chi connectivity index (χ4v) is 4.40. The largest absolute Gasteiger partial charge is 0.469 e. The summed E-state index contributed by atoms with van der Waals surface area (Å²) in [5.74, 6) is 0.642. The van der Waals surface area contributed by atoms with Crippen LogP contribution in [0.15, 0.2) is 17.0 Å². The molecule has 0 radical (unpaired) electrons. The van der Waals surface area contributed by atoms with E-state index in [1.165, 1.54) is 30.6 Å². The van der Waals surface area contributed by atoms with Crippen molar-refractivity contribution in [3.8, 4) is 0 Å². The van der Waals surface area contributed by atoms with Crippen LogP contribution >= 0.6 is 35.1 Å². The van der Waals surface area contributed by atoms with E-state index in [-0.39, 0.29) is 12.4 Å². The van der Waals surface area contributed by atoms with Gasteiger partial charge in [-0.2, -0.15) is 16.8 Å². The zero-order chi connectivity index (χ0) is 25.4. The van der Waals surface area contributed by atoms with Gasteiger partial charge in [-0.25, -0.2) is 15.0 Å². The Morgan fingerprint density at radius 3 is 2.18 bits per heavy atom. The van der Waals surface area contributed by atoms with Gasteiger partial charge in [0.05, 0.1) is 24.2 Å². The first kappa shape index (κ1) is 29.3. The van der Waals surface area contributed by atoms with Crippen LogP contribution in [0.25, 0.3) is 0 Å². The Balaban J connectivity index is 3.35. The number of hydrogen-bond donors (Lipinski definition) is 1. The minimum Gasteiger partial charge on any atom is -0.469 e. The number of hydrazine groups is 1. The summed E-state index contributed by atoms with van der Waals surface area (Å²) in [5.41, 5.74) is 1.93. The smallest absolute Gasteiger partial charge is 0.434 e. The first-order valence-electron chi connectivity index (χ1n) is 10.2. The number of ether oxygens (including phenoxy) is 3. The zero-order valence-corrected chi connectivity index (χ0v) is 22.8. The van der Waals surface area contributed by atoms with Crippen LogP contribution in [-0.2, 0) is 24.8 Å². The van der Waals surface area contributed by atoms with E-state index in [1.807, 2.05) is 6.26 Å². The molecule has 1 aromatic carbocycles.